The van der Waals surface area contributed by atoms with Crippen molar-refractivity contribution in [3.8, 4) is 5.75 Å². The van der Waals surface area contributed by atoms with E-state index in [1.54, 1.807) is 49.9 Å². The monoisotopic (exact) mass is 621 g/mol. The van der Waals surface area contributed by atoms with Crippen LogP contribution in [0.15, 0.2) is 84.9 Å². The Labute approximate surface area is 270 Å². The van der Waals surface area contributed by atoms with Gasteiger partial charge in [-0.2, -0.15) is 0 Å². The van der Waals surface area contributed by atoms with Crippen LogP contribution in [0.3, 0.4) is 0 Å². The van der Waals surface area contributed by atoms with Gasteiger partial charge in [-0.25, -0.2) is 4.79 Å². The Balaban J connectivity index is 1.56. The van der Waals surface area contributed by atoms with Gasteiger partial charge in [-0.1, -0.05) is 67.6 Å². The molecular formula is C38H43N3O5. The number of ether oxygens (including phenoxy) is 1. The Morgan fingerprint density at radius 2 is 1.61 bits per heavy atom. The van der Waals surface area contributed by atoms with E-state index in [1.165, 1.54) is 0 Å². The lowest BCUT2D eigenvalue weighted by Gasteiger charge is -2.36. The van der Waals surface area contributed by atoms with Crippen LogP contribution in [0, 0.1) is 19.8 Å². The number of nitrogens with one attached hydrogen (secondary N) is 2. The summed E-state index contributed by atoms with van der Waals surface area (Å²) in [5, 5.41) is 17.8. The number of amides is 3. The summed E-state index contributed by atoms with van der Waals surface area (Å²) in [4.78, 5) is 44.1. The van der Waals surface area contributed by atoms with Gasteiger partial charge < -0.3 is 25.4 Å². The third-order valence-electron chi connectivity index (χ3n) is 8.53. The van der Waals surface area contributed by atoms with Gasteiger partial charge in [0.2, 0.25) is 5.91 Å². The molecule has 5 rings (SSSR count). The molecule has 4 aromatic rings. The largest absolute Gasteiger partial charge is 0.508 e. The van der Waals surface area contributed by atoms with E-state index in [2.05, 4.69) is 17.6 Å². The van der Waals surface area contributed by atoms with E-state index < -0.39 is 23.8 Å². The number of hydrogen-bond donors (Lipinski definition) is 3. The van der Waals surface area contributed by atoms with E-state index in [0.29, 0.717) is 5.69 Å². The first-order valence-corrected chi connectivity index (χ1v) is 15.8. The van der Waals surface area contributed by atoms with Gasteiger partial charge in [0.1, 0.15) is 23.4 Å². The molecule has 8 heteroatoms. The first-order chi connectivity index (χ1) is 21.8. The van der Waals surface area contributed by atoms with Gasteiger partial charge in [-0.15, -0.1) is 0 Å². The number of aryl methyl sites for hydroxylation is 1. The predicted octanol–water partition coefficient (Wildman–Crippen LogP) is 7.22. The average molecular weight is 622 g/mol. The van der Waals surface area contributed by atoms with Gasteiger partial charge in [-0.3, -0.25) is 9.59 Å². The maximum atomic E-state index is 14.8. The van der Waals surface area contributed by atoms with Gasteiger partial charge in [0.25, 0.3) is 5.91 Å². The van der Waals surface area contributed by atoms with Crippen LogP contribution in [-0.2, 0) is 20.7 Å². The lowest BCUT2D eigenvalue weighted by atomic mass is 9.94. The van der Waals surface area contributed by atoms with Crippen molar-refractivity contribution in [3.05, 3.63) is 107 Å². The molecule has 0 bridgehead atoms. The number of nitrogens with zero attached hydrogens (tertiary/aromatic N) is 1. The normalized spacial score (nSPS) is 17.1. The molecule has 1 fully saturated rings. The molecule has 240 valence electrons. The van der Waals surface area contributed by atoms with Crippen LogP contribution in [0.2, 0.25) is 0 Å². The summed E-state index contributed by atoms with van der Waals surface area (Å²) in [5.74, 6) is -0.452. The highest BCUT2D eigenvalue weighted by molar-refractivity contribution is 6.01. The van der Waals surface area contributed by atoms with Crippen molar-refractivity contribution in [2.45, 2.75) is 78.1 Å². The molecule has 4 atom stereocenters. The maximum absolute atomic E-state index is 14.8. The van der Waals surface area contributed by atoms with Crippen molar-refractivity contribution >= 4 is 34.4 Å². The molecule has 1 saturated carbocycles. The number of anilines is 1. The van der Waals surface area contributed by atoms with E-state index >= 15 is 0 Å². The van der Waals surface area contributed by atoms with E-state index in [9.17, 15) is 19.5 Å². The van der Waals surface area contributed by atoms with Crippen LogP contribution in [0.5, 0.6) is 5.75 Å². The van der Waals surface area contributed by atoms with Crippen LogP contribution in [0.25, 0.3) is 10.8 Å². The quantitative estimate of drug-likeness (QED) is 0.183. The number of alkyl carbamates (subject to hydrolysis) is 1. The Hall–Kier alpha value is -4.85. The molecule has 3 N–H and O–H groups in total. The highest BCUT2D eigenvalue weighted by Crippen LogP contribution is 2.42. The molecule has 1 aliphatic rings. The second-order valence-corrected chi connectivity index (χ2v) is 13.3. The Kier molecular flexibility index (Phi) is 9.37. The third kappa shape index (κ3) is 7.68. The highest BCUT2D eigenvalue weighted by Gasteiger charge is 2.48. The number of aromatic hydroxyl groups is 1. The number of phenols is 1. The van der Waals surface area contributed by atoms with Crippen LogP contribution >= 0.6 is 0 Å². The maximum Gasteiger partial charge on any atom is 0.408 e. The minimum atomic E-state index is -1.03. The fraction of sp³-hybridized carbons (Fsp3) is 0.342. The van der Waals surface area contributed by atoms with Gasteiger partial charge in [0.05, 0.1) is 0 Å². The molecule has 0 radical (unpaired) electrons. The van der Waals surface area contributed by atoms with E-state index in [-0.39, 0.29) is 35.9 Å². The second kappa shape index (κ2) is 13.3. The fourth-order valence-electron chi connectivity index (χ4n) is 5.83. The molecule has 8 nitrogen and oxygen atoms in total. The van der Waals surface area contributed by atoms with Crippen molar-refractivity contribution in [1.82, 2.24) is 10.2 Å². The first-order valence-electron chi connectivity index (χ1n) is 15.8. The summed E-state index contributed by atoms with van der Waals surface area (Å²) in [6, 6.07) is 23.8. The molecule has 4 unspecified atom stereocenters. The Morgan fingerprint density at radius 1 is 0.935 bits per heavy atom. The van der Waals surface area contributed by atoms with E-state index in [4.69, 9.17) is 4.74 Å². The molecule has 0 spiro atoms. The predicted molar refractivity (Wildman–Crippen MR) is 181 cm³/mol. The average Bonchev–Trinajstić information content (AvgIpc) is 3.72. The van der Waals surface area contributed by atoms with Crippen LogP contribution < -0.4 is 10.6 Å². The zero-order valence-electron chi connectivity index (χ0n) is 27.3. The molecule has 46 heavy (non-hydrogen) atoms. The number of fused-ring (bicyclic) bond motifs is 1. The second-order valence-electron chi connectivity index (χ2n) is 13.3. The summed E-state index contributed by atoms with van der Waals surface area (Å²) in [6.07, 6.45) is 0.147. The smallest absolute Gasteiger partial charge is 0.408 e. The number of phenolic OH excluding ortho intramolecular Hbond substituents is 1. The summed E-state index contributed by atoms with van der Waals surface area (Å²) >= 11 is 0. The Morgan fingerprint density at radius 3 is 2.26 bits per heavy atom. The topological polar surface area (TPSA) is 108 Å². The van der Waals surface area contributed by atoms with Crippen molar-refractivity contribution in [2.75, 3.05) is 5.32 Å². The summed E-state index contributed by atoms with van der Waals surface area (Å²) in [5.41, 5.74) is 3.24. The van der Waals surface area contributed by atoms with Gasteiger partial charge >= 0.3 is 6.09 Å². The Bertz CT molecular complexity index is 1740. The number of carbonyl (C=O) groups excluding carboxylic acids is 3. The fourth-order valence-corrected chi connectivity index (χ4v) is 5.83. The SMILES string of the molecule is Cc1cccc(C(C(=O)Nc2ccc3ccccc3c2)N(C(=O)C(Cc2ccc(O)cc2)NC(=O)OC(C)(C)C)C2CC2C)c1C. The zero-order valence-corrected chi connectivity index (χ0v) is 27.3. The first kappa shape index (κ1) is 32.5. The lowest BCUT2D eigenvalue weighted by molar-refractivity contribution is -0.141. The molecule has 3 amide bonds. The molecule has 4 aromatic carbocycles. The number of hydrogen-bond acceptors (Lipinski definition) is 5. The van der Waals surface area contributed by atoms with Crippen LogP contribution in [-0.4, -0.2) is 45.6 Å². The summed E-state index contributed by atoms with van der Waals surface area (Å²) < 4.78 is 5.55. The molecular weight excluding hydrogens is 578 g/mol. The van der Waals surface area contributed by atoms with Crippen molar-refractivity contribution in [2.24, 2.45) is 5.92 Å². The molecule has 0 aliphatic heterocycles. The lowest BCUT2D eigenvalue weighted by Crippen LogP contribution is -2.54. The minimum absolute atomic E-state index is 0.0977. The van der Waals surface area contributed by atoms with Crippen LogP contribution in [0.4, 0.5) is 10.5 Å². The van der Waals surface area contributed by atoms with Gasteiger partial charge in [0.15, 0.2) is 0 Å². The number of benzene rings is 4. The molecule has 0 heterocycles. The van der Waals surface area contributed by atoms with E-state index in [0.717, 1.165) is 39.4 Å². The zero-order chi connectivity index (χ0) is 33.2. The van der Waals surface area contributed by atoms with Crippen molar-refractivity contribution < 1.29 is 24.2 Å². The minimum Gasteiger partial charge on any atom is -0.508 e. The number of rotatable bonds is 9. The molecule has 1 aliphatic carbocycles. The van der Waals surface area contributed by atoms with Crippen molar-refractivity contribution in [1.29, 1.82) is 0 Å². The molecule has 0 aromatic heterocycles. The molecule has 0 saturated heterocycles. The van der Waals surface area contributed by atoms with Gasteiger partial charge in [-0.05, 0) is 104 Å². The van der Waals surface area contributed by atoms with E-state index in [1.807, 2.05) is 74.5 Å². The third-order valence-corrected chi connectivity index (χ3v) is 8.53. The van der Waals surface area contributed by atoms with Gasteiger partial charge in [0, 0.05) is 18.2 Å². The van der Waals surface area contributed by atoms with Crippen molar-refractivity contribution in [3.63, 3.8) is 0 Å². The summed E-state index contributed by atoms with van der Waals surface area (Å²) in [7, 11) is 0. The van der Waals surface area contributed by atoms with Crippen LogP contribution in [0.1, 0.15) is 62.4 Å². The number of carbonyl (C=O) groups is 3. The standard InChI is InChI=1S/C38H43N3O5/c1-23-10-9-13-31(25(23)3)34(35(43)39-29-17-16-27-11-7-8-12-28(27)22-29)41(33-20-24(33)2)36(44)32(40-37(45)46-38(4,5)6)21-26-14-18-30(42)19-15-26/h7-19,22,24,32-34,42H,20-21H2,1-6H3,(H,39,43)(H,40,45). The highest BCUT2D eigenvalue weighted by atomic mass is 16.6. The summed E-state index contributed by atoms with van der Waals surface area (Å²) in [6.45, 7) is 11.3.